The van der Waals surface area contributed by atoms with Crippen LogP contribution in [0.2, 0.25) is 0 Å². The van der Waals surface area contributed by atoms with Gasteiger partial charge in [-0.3, -0.25) is 0 Å². The predicted molar refractivity (Wildman–Crippen MR) is 41.1 cm³/mol. The zero-order valence-electron chi connectivity index (χ0n) is 4.37. The lowest BCUT2D eigenvalue weighted by Gasteiger charge is -1.99. The minimum Gasteiger partial charge on any atom is -0.313 e. The minimum absolute atomic E-state index is 0. The molecule has 52 valence electrons. The molecule has 0 bridgehead atoms. The van der Waals surface area contributed by atoms with Crippen LogP contribution in [0.1, 0.15) is 6.92 Å². The number of halogens is 1. The van der Waals surface area contributed by atoms with E-state index in [4.69, 9.17) is 9.79 Å². The Morgan fingerprint density at radius 1 is 1.62 bits per heavy atom. The fraction of sp³-hybridized carbons (Fsp3) is 1.00. The van der Waals surface area contributed by atoms with Crippen molar-refractivity contribution in [1.29, 1.82) is 0 Å². The van der Waals surface area contributed by atoms with Crippen LogP contribution in [0, 0.1) is 0 Å². The second-order valence-electron chi connectivity index (χ2n) is 1.06. The molecule has 0 aliphatic carbocycles. The summed E-state index contributed by atoms with van der Waals surface area (Å²) >= 11 is 0. The largest absolute Gasteiger partial charge is 0.400 e. The molecule has 0 spiro atoms. The molecule has 4 nitrogen and oxygen atoms in total. The molecule has 0 rings (SSSR count). The molecule has 0 aliphatic heterocycles. The maximum absolute atomic E-state index is 9.81. The van der Waals surface area contributed by atoms with Gasteiger partial charge in [-0.25, -0.2) is 9.65 Å². The Labute approximate surface area is 64.9 Å². The average Bonchev–Trinajstić information content (AvgIpc) is 1.30. The second-order valence-corrected chi connectivity index (χ2v) is 2.46. The van der Waals surface area contributed by atoms with Crippen molar-refractivity contribution in [1.82, 2.24) is 5.09 Å². The van der Waals surface area contributed by atoms with Gasteiger partial charge in [0.15, 0.2) is 0 Å². The highest BCUT2D eigenvalue weighted by molar-refractivity contribution is 14.0. The summed E-state index contributed by atoms with van der Waals surface area (Å²) in [6, 6.07) is 0. The van der Waals surface area contributed by atoms with E-state index in [1.807, 2.05) is 5.09 Å². The summed E-state index contributed by atoms with van der Waals surface area (Å²) in [4.78, 5) is 16.0. The molecule has 0 heterocycles. The van der Waals surface area contributed by atoms with Crippen LogP contribution in [0.4, 0.5) is 0 Å². The van der Waals surface area contributed by atoms with Gasteiger partial charge in [0, 0.05) is 6.54 Å². The van der Waals surface area contributed by atoms with Crippen LogP contribution in [-0.4, -0.2) is 16.3 Å². The Morgan fingerprint density at radius 3 is 2.00 bits per heavy atom. The first-order valence-corrected chi connectivity index (χ1v) is 3.48. The highest BCUT2D eigenvalue weighted by Gasteiger charge is 2.07. The number of hydrogen-bond donors (Lipinski definition) is 3. The normalized spacial score (nSPS) is 10.4. The fourth-order valence-electron chi connectivity index (χ4n) is 0.206. The fourth-order valence-corrected chi connectivity index (χ4v) is 0.618. The zero-order valence-corrected chi connectivity index (χ0v) is 7.59. The Morgan fingerprint density at radius 2 is 2.00 bits per heavy atom. The van der Waals surface area contributed by atoms with Gasteiger partial charge in [-0.2, -0.15) is 0 Å². The number of rotatable bonds is 2. The maximum Gasteiger partial charge on any atom is 0.400 e. The van der Waals surface area contributed by atoms with Gasteiger partial charge in [0.25, 0.3) is 0 Å². The van der Waals surface area contributed by atoms with Crippen LogP contribution in [-0.2, 0) is 4.57 Å². The van der Waals surface area contributed by atoms with E-state index in [-0.39, 0.29) is 24.0 Å². The average molecular weight is 253 g/mol. The minimum atomic E-state index is -3.92. The molecule has 0 saturated heterocycles. The Hall–Kier alpha value is 0.840. The van der Waals surface area contributed by atoms with Crippen molar-refractivity contribution in [2.45, 2.75) is 6.92 Å². The first-order valence-electron chi connectivity index (χ1n) is 1.87. The van der Waals surface area contributed by atoms with E-state index in [9.17, 15) is 4.57 Å². The van der Waals surface area contributed by atoms with Crippen molar-refractivity contribution in [2.24, 2.45) is 0 Å². The van der Waals surface area contributed by atoms with E-state index in [0.717, 1.165) is 0 Å². The molecule has 0 atom stereocenters. The van der Waals surface area contributed by atoms with Crippen LogP contribution in [0.25, 0.3) is 0 Å². The van der Waals surface area contributed by atoms with Crippen LogP contribution in [0.5, 0.6) is 0 Å². The molecule has 0 fully saturated rings. The van der Waals surface area contributed by atoms with Gasteiger partial charge in [-0.05, 0) is 0 Å². The quantitative estimate of drug-likeness (QED) is 0.489. The molecule has 8 heavy (non-hydrogen) atoms. The van der Waals surface area contributed by atoms with E-state index in [2.05, 4.69) is 0 Å². The summed E-state index contributed by atoms with van der Waals surface area (Å²) in [7, 11) is -3.92. The summed E-state index contributed by atoms with van der Waals surface area (Å²) < 4.78 is 9.81. The molecule has 6 heteroatoms. The third kappa shape index (κ3) is 9.96. The standard InChI is InChI=1S/C2H8NO3P.HI/c1-2-3-7(4,5)6;/h2H2,1H3,(H3,3,4,5,6);1H. The van der Waals surface area contributed by atoms with Crippen LogP contribution < -0.4 is 5.09 Å². The molecular formula is C2H9INO3P. The van der Waals surface area contributed by atoms with Gasteiger partial charge < -0.3 is 9.79 Å². The molecule has 3 N–H and O–H groups in total. The third-order valence-electron chi connectivity index (χ3n) is 0.364. The zero-order chi connectivity index (χ0) is 5.91. The van der Waals surface area contributed by atoms with Gasteiger partial charge in [-0.1, -0.05) is 6.92 Å². The Balaban J connectivity index is 0. The molecule has 0 aromatic carbocycles. The molecule has 0 saturated carbocycles. The lowest BCUT2D eigenvalue weighted by molar-refractivity contribution is 0.359. The van der Waals surface area contributed by atoms with Crippen LogP contribution in [0.3, 0.4) is 0 Å². The van der Waals surface area contributed by atoms with E-state index in [1.54, 1.807) is 6.92 Å². The molecule has 0 radical (unpaired) electrons. The van der Waals surface area contributed by atoms with Crippen molar-refractivity contribution >= 4 is 31.7 Å². The van der Waals surface area contributed by atoms with Crippen molar-refractivity contribution in [3.63, 3.8) is 0 Å². The number of hydrogen-bond acceptors (Lipinski definition) is 1. The van der Waals surface area contributed by atoms with Crippen molar-refractivity contribution < 1.29 is 14.4 Å². The smallest absolute Gasteiger partial charge is 0.313 e. The van der Waals surface area contributed by atoms with Crippen molar-refractivity contribution in [2.75, 3.05) is 6.54 Å². The van der Waals surface area contributed by atoms with Crippen molar-refractivity contribution in [3.05, 3.63) is 0 Å². The lowest BCUT2D eigenvalue weighted by atomic mass is 10.8. The second kappa shape index (κ2) is 4.69. The Bertz CT molecular complexity index is 91.3. The predicted octanol–water partition coefficient (Wildman–Crippen LogP) is 0.307. The van der Waals surface area contributed by atoms with Gasteiger partial charge >= 0.3 is 7.75 Å². The summed E-state index contributed by atoms with van der Waals surface area (Å²) in [5.41, 5.74) is 0. The SMILES string of the molecule is CCNP(=O)(O)O.I. The Kier molecular flexibility index (Phi) is 6.81. The molecule has 0 aromatic rings. The molecule has 0 aliphatic rings. The summed E-state index contributed by atoms with van der Waals surface area (Å²) in [5, 5.41) is 1.95. The van der Waals surface area contributed by atoms with E-state index in [0.29, 0.717) is 6.54 Å². The van der Waals surface area contributed by atoms with Gasteiger partial charge in [0.1, 0.15) is 0 Å². The lowest BCUT2D eigenvalue weighted by Crippen LogP contribution is -2.06. The van der Waals surface area contributed by atoms with Crippen LogP contribution >= 0.6 is 31.7 Å². The highest BCUT2D eigenvalue weighted by Crippen LogP contribution is 2.26. The molecule has 0 aromatic heterocycles. The van der Waals surface area contributed by atoms with Crippen molar-refractivity contribution in [3.8, 4) is 0 Å². The number of nitrogens with one attached hydrogen (secondary N) is 1. The molecule has 0 amide bonds. The monoisotopic (exact) mass is 253 g/mol. The first kappa shape index (κ1) is 11.6. The van der Waals surface area contributed by atoms with E-state index < -0.39 is 7.75 Å². The van der Waals surface area contributed by atoms with Gasteiger partial charge in [0.05, 0.1) is 0 Å². The molecule has 0 unspecified atom stereocenters. The summed E-state index contributed by atoms with van der Waals surface area (Å²) in [6.45, 7) is 1.92. The van der Waals surface area contributed by atoms with Gasteiger partial charge in [0.2, 0.25) is 0 Å². The summed E-state index contributed by atoms with van der Waals surface area (Å²) in [5.74, 6) is 0. The first-order chi connectivity index (χ1) is 3.06. The topological polar surface area (TPSA) is 69.6 Å². The van der Waals surface area contributed by atoms with E-state index >= 15 is 0 Å². The van der Waals surface area contributed by atoms with Gasteiger partial charge in [-0.15, -0.1) is 24.0 Å². The highest BCUT2D eigenvalue weighted by atomic mass is 127. The molecular weight excluding hydrogens is 244 g/mol. The van der Waals surface area contributed by atoms with E-state index in [1.165, 1.54) is 0 Å². The summed E-state index contributed by atoms with van der Waals surface area (Å²) in [6.07, 6.45) is 0. The maximum atomic E-state index is 9.81. The van der Waals surface area contributed by atoms with Crippen LogP contribution in [0.15, 0.2) is 0 Å². The third-order valence-corrected chi connectivity index (χ3v) is 1.09.